The van der Waals surface area contributed by atoms with Gasteiger partial charge in [-0.15, -0.1) is 0 Å². The highest BCUT2D eigenvalue weighted by atomic mass is 16.5. The average molecular weight is 383 g/mol. The van der Waals surface area contributed by atoms with E-state index in [-0.39, 0.29) is 17.9 Å². The monoisotopic (exact) mass is 383 g/mol. The zero-order valence-electron chi connectivity index (χ0n) is 16.1. The minimum Gasteiger partial charge on any atom is -0.493 e. The number of piperidine rings is 1. The van der Waals surface area contributed by atoms with Crippen LogP contribution >= 0.6 is 0 Å². The number of carbonyl (C=O) groups excluding carboxylic acids is 2. The third-order valence-electron chi connectivity index (χ3n) is 4.90. The number of anilines is 1. The number of methoxy groups -OCH3 is 2. The molecule has 2 aromatic rings. The molecule has 3 N–H and O–H groups in total. The van der Waals surface area contributed by atoms with E-state index in [1.165, 1.54) is 0 Å². The van der Waals surface area contributed by atoms with Crippen LogP contribution in [0.4, 0.5) is 5.69 Å². The maximum absolute atomic E-state index is 12.8. The first-order valence-corrected chi connectivity index (χ1v) is 9.19. The third kappa shape index (κ3) is 4.36. The Hall–Kier alpha value is -3.22. The van der Waals surface area contributed by atoms with Gasteiger partial charge in [-0.05, 0) is 49.2 Å². The van der Waals surface area contributed by atoms with Gasteiger partial charge >= 0.3 is 0 Å². The molecular weight excluding hydrogens is 358 g/mol. The van der Waals surface area contributed by atoms with Gasteiger partial charge in [-0.1, -0.05) is 6.07 Å². The lowest BCUT2D eigenvalue weighted by molar-refractivity contribution is 0.0697. The van der Waals surface area contributed by atoms with Crippen molar-refractivity contribution in [3.63, 3.8) is 0 Å². The summed E-state index contributed by atoms with van der Waals surface area (Å²) >= 11 is 0. The maximum Gasteiger partial charge on any atom is 0.253 e. The van der Waals surface area contributed by atoms with Gasteiger partial charge in [0.05, 0.1) is 14.2 Å². The molecule has 0 aliphatic carbocycles. The van der Waals surface area contributed by atoms with Crippen LogP contribution in [0.5, 0.6) is 11.5 Å². The summed E-state index contributed by atoms with van der Waals surface area (Å²) in [6, 6.07) is 12.1. The Morgan fingerprint density at radius 3 is 2.36 bits per heavy atom. The highest BCUT2D eigenvalue weighted by molar-refractivity contribution is 5.96. The lowest BCUT2D eigenvalue weighted by Crippen LogP contribution is -2.46. The van der Waals surface area contributed by atoms with Crippen LogP contribution < -0.4 is 20.5 Å². The molecule has 7 heteroatoms. The molecule has 0 bridgehead atoms. The fraction of sp³-hybridized carbons (Fsp3) is 0.333. The predicted octanol–water partition coefficient (Wildman–Crippen LogP) is 2.32. The number of rotatable bonds is 5. The summed E-state index contributed by atoms with van der Waals surface area (Å²) in [6.45, 7) is 1.16. The molecule has 7 nitrogen and oxygen atoms in total. The van der Waals surface area contributed by atoms with Gasteiger partial charge in [0, 0.05) is 35.9 Å². The molecule has 0 aromatic heterocycles. The largest absolute Gasteiger partial charge is 0.493 e. The van der Waals surface area contributed by atoms with Gasteiger partial charge in [-0.2, -0.15) is 0 Å². The Labute approximate surface area is 164 Å². The lowest BCUT2D eigenvalue weighted by atomic mass is 10.0. The molecule has 0 spiro atoms. The molecule has 3 rings (SSSR count). The molecule has 1 saturated heterocycles. The number of benzene rings is 2. The zero-order chi connectivity index (χ0) is 20.1. The van der Waals surface area contributed by atoms with Crippen LogP contribution in [0.15, 0.2) is 42.5 Å². The molecule has 0 radical (unpaired) electrons. The van der Waals surface area contributed by atoms with Crippen molar-refractivity contribution in [2.45, 2.75) is 18.9 Å². The summed E-state index contributed by atoms with van der Waals surface area (Å²) in [5.74, 6) is 0.915. The minimum atomic E-state index is -0.142. The van der Waals surface area contributed by atoms with Crippen LogP contribution in [0.3, 0.4) is 0 Å². The molecule has 1 heterocycles. The molecule has 2 aromatic carbocycles. The van der Waals surface area contributed by atoms with Gasteiger partial charge in [0.15, 0.2) is 11.5 Å². The summed E-state index contributed by atoms with van der Waals surface area (Å²) in [6.07, 6.45) is 1.40. The number of nitrogens with one attached hydrogen (secondary N) is 1. The Kier molecular flexibility index (Phi) is 6.03. The van der Waals surface area contributed by atoms with Gasteiger partial charge in [-0.25, -0.2) is 0 Å². The van der Waals surface area contributed by atoms with Crippen molar-refractivity contribution in [1.29, 1.82) is 0 Å². The number of carbonyl (C=O) groups is 2. The highest BCUT2D eigenvalue weighted by Crippen LogP contribution is 2.28. The van der Waals surface area contributed by atoms with Crippen LogP contribution in [-0.2, 0) is 0 Å². The second kappa shape index (κ2) is 8.65. The van der Waals surface area contributed by atoms with Crippen molar-refractivity contribution in [3.05, 3.63) is 53.6 Å². The third-order valence-corrected chi connectivity index (χ3v) is 4.90. The van der Waals surface area contributed by atoms with E-state index >= 15 is 0 Å². The summed E-state index contributed by atoms with van der Waals surface area (Å²) in [7, 11) is 3.10. The first-order valence-electron chi connectivity index (χ1n) is 9.19. The smallest absolute Gasteiger partial charge is 0.253 e. The van der Waals surface area contributed by atoms with Crippen molar-refractivity contribution in [2.75, 3.05) is 33.0 Å². The number of amides is 2. The lowest BCUT2D eigenvalue weighted by Gasteiger charge is -2.32. The van der Waals surface area contributed by atoms with E-state index in [1.54, 1.807) is 61.6 Å². The second-order valence-corrected chi connectivity index (χ2v) is 6.74. The van der Waals surface area contributed by atoms with E-state index in [0.29, 0.717) is 54.2 Å². The first-order chi connectivity index (χ1) is 13.5. The van der Waals surface area contributed by atoms with Gasteiger partial charge < -0.3 is 25.4 Å². The zero-order valence-corrected chi connectivity index (χ0v) is 16.1. The van der Waals surface area contributed by atoms with Gasteiger partial charge in [-0.3, -0.25) is 9.59 Å². The van der Waals surface area contributed by atoms with Crippen LogP contribution in [0.2, 0.25) is 0 Å². The molecule has 1 aliphatic rings. The standard InChI is InChI=1S/C21H25N3O4/c1-27-18-7-6-15(13-19(18)28-2)21(26)24-10-8-17(9-11-24)23-20(25)14-4-3-5-16(22)12-14/h3-7,12-13,17H,8-11,22H2,1-2H3,(H,23,25). The maximum atomic E-state index is 12.8. The second-order valence-electron chi connectivity index (χ2n) is 6.74. The normalized spacial score (nSPS) is 14.4. The molecular formula is C21H25N3O4. The fourth-order valence-electron chi connectivity index (χ4n) is 3.33. The van der Waals surface area contributed by atoms with Crippen LogP contribution in [0, 0.1) is 0 Å². The van der Waals surface area contributed by atoms with Gasteiger partial charge in [0.25, 0.3) is 11.8 Å². The number of hydrogen-bond donors (Lipinski definition) is 2. The SMILES string of the molecule is COc1ccc(C(=O)N2CCC(NC(=O)c3cccc(N)c3)CC2)cc1OC. The van der Waals surface area contributed by atoms with Crippen molar-refractivity contribution >= 4 is 17.5 Å². The molecule has 0 unspecified atom stereocenters. The van der Waals surface area contributed by atoms with E-state index in [2.05, 4.69) is 5.32 Å². The number of nitrogen functional groups attached to an aromatic ring is 1. The van der Waals surface area contributed by atoms with Gasteiger partial charge in [0.1, 0.15) is 0 Å². The average Bonchev–Trinajstić information content (AvgIpc) is 2.73. The molecule has 0 saturated carbocycles. The van der Waals surface area contributed by atoms with E-state index < -0.39 is 0 Å². The van der Waals surface area contributed by atoms with E-state index in [4.69, 9.17) is 15.2 Å². The van der Waals surface area contributed by atoms with Crippen LogP contribution in [0.25, 0.3) is 0 Å². The van der Waals surface area contributed by atoms with Crippen molar-refractivity contribution in [1.82, 2.24) is 10.2 Å². The van der Waals surface area contributed by atoms with Crippen molar-refractivity contribution < 1.29 is 19.1 Å². The quantitative estimate of drug-likeness (QED) is 0.773. The fourth-order valence-corrected chi connectivity index (χ4v) is 3.33. The van der Waals surface area contributed by atoms with E-state index in [0.717, 1.165) is 0 Å². The van der Waals surface area contributed by atoms with E-state index in [1.807, 2.05) is 0 Å². The molecule has 0 atom stereocenters. The summed E-state index contributed by atoms with van der Waals surface area (Å²) in [5.41, 5.74) is 7.39. The molecule has 1 fully saturated rings. The number of ether oxygens (including phenoxy) is 2. The Bertz CT molecular complexity index is 860. The predicted molar refractivity (Wildman–Crippen MR) is 107 cm³/mol. The van der Waals surface area contributed by atoms with Crippen molar-refractivity contribution in [2.24, 2.45) is 0 Å². The summed E-state index contributed by atoms with van der Waals surface area (Å²) in [4.78, 5) is 26.9. The van der Waals surface area contributed by atoms with Gasteiger partial charge in [0.2, 0.25) is 0 Å². The minimum absolute atomic E-state index is 0.0309. The topological polar surface area (TPSA) is 93.9 Å². The summed E-state index contributed by atoms with van der Waals surface area (Å²) in [5, 5.41) is 3.03. The van der Waals surface area contributed by atoms with Crippen LogP contribution in [0.1, 0.15) is 33.6 Å². The number of nitrogens with zero attached hydrogens (tertiary/aromatic N) is 1. The van der Waals surface area contributed by atoms with Crippen molar-refractivity contribution in [3.8, 4) is 11.5 Å². The molecule has 2 amide bonds. The number of hydrogen-bond acceptors (Lipinski definition) is 5. The van der Waals surface area contributed by atoms with Crippen LogP contribution in [-0.4, -0.2) is 50.1 Å². The first kappa shape index (κ1) is 19.5. The Balaban J connectivity index is 1.57. The Morgan fingerprint density at radius 1 is 1.00 bits per heavy atom. The highest BCUT2D eigenvalue weighted by Gasteiger charge is 2.25. The Morgan fingerprint density at radius 2 is 1.71 bits per heavy atom. The molecule has 148 valence electrons. The summed E-state index contributed by atoms with van der Waals surface area (Å²) < 4.78 is 10.5. The number of nitrogens with two attached hydrogens (primary N) is 1. The molecule has 28 heavy (non-hydrogen) atoms. The van der Waals surface area contributed by atoms with E-state index in [9.17, 15) is 9.59 Å². The molecule has 1 aliphatic heterocycles. The number of likely N-dealkylation sites (tertiary alicyclic amines) is 1.